The molecule has 0 bridgehead atoms. The molecule has 1 aliphatic rings. The lowest BCUT2D eigenvalue weighted by Crippen LogP contribution is -2.29. The summed E-state index contributed by atoms with van der Waals surface area (Å²) in [6, 6.07) is 5.23. The smallest absolute Gasteiger partial charge is 0.337 e. The van der Waals surface area contributed by atoms with Gasteiger partial charge in [-0.15, -0.1) is 0 Å². The third kappa shape index (κ3) is 3.80. The lowest BCUT2D eigenvalue weighted by atomic mass is 10.1. The largest absolute Gasteiger partial charge is 0.465 e. The number of nitrogens with one attached hydrogen (secondary N) is 1. The van der Waals surface area contributed by atoms with E-state index in [4.69, 9.17) is 0 Å². The molecule has 110 valence electrons. The Morgan fingerprint density at radius 3 is 2.80 bits per heavy atom. The fourth-order valence-corrected chi connectivity index (χ4v) is 4.37. The van der Waals surface area contributed by atoms with E-state index in [9.17, 15) is 13.2 Å². The summed E-state index contributed by atoms with van der Waals surface area (Å²) in [5.74, 6) is 0.0740. The maximum absolute atomic E-state index is 11.4. The van der Waals surface area contributed by atoms with Gasteiger partial charge in [0.2, 0.25) is 0 Å². The Morgan fingerprint density at radius 2 is 2.25 bits per heavy atom. The quantitative estimate of drug-likeness (QED) is 0.823. The van der Waals surface area contributed by atoms with Crippen LogP contribution in [0.15, 0.2) is 22.7 Å². The van der Waals surface area contributed by atoms with Gasteiger partial charge in [0, 0.05) is 17.1 Å². The summed E-state index contributed by atoms with van der Waals surface area (Å²) in [7, 11) is -1.53. The van der Waals surface area contributed by atoms with Gasteiger partial charge >= 0.3 is 5.97 Å². The Morgan fingerprint density at radius 1 is 1.50 bits per heavy atom. The molecule has 1 aromatic rings. The number of methoxy groups -OCH3 is 1. The van der Waals surface area contributed by atoms with Crippen molar-refractivity contribution >= 4 is 31.7 Å². The highest BCUT2D eigenvalue weighted by Crippen LogP contribution is 2.20. The van der Waals surface area contributed by atoms with Crippen LogP contribution in [-0.4, -0.2) is 39.0 Å². The second-order valence-electron chi connectivity index (χ2n) is 4.78. The van der Waals surface area contributed by atoms with Gasteiger partial charge in [0.25, 0.3) is 0 Å². The number of hydrogen-bond donors (Lipinski definition) is 1. The molecule has 0 aromatic heterocycles. The van der Waals surface area contributed by atoms with E-state index in [1.165, 1.54) is 7.11 Å². The van der Waals surface area contributed by atoms with E-state index < -0.39 is 9.84 Å². The molecule has 1 aromatic carbocycles. The number of sulfone groups is 1. The monoisotopic (exact) mass is 361 g/mol. The fraction of sp³-hybridized carbons (Fsp3) is 0.462. The Hall–Kier alpha value is -0.920. The number of hydrogen-bond acceptors (Lipinski definition) is 5. The predicted octanol–water partition coefficient (Wildman–Crippen LogP) is 1.51. The van der Waals surface area contributed by atoms with Crippen LogP contribution in [-0.2, 0) is 21.1 Å². The second kappa shape index (κ2) is 6.24. The number of halogens is 1. The molecule has 20 heavy (non-hydrogen) atoms. The van der Waals surface area contributed by atoms with Crippen molar-refractivity contribution in [2.45, 2.75) is 19.0 Å². The third-order valence-electron chi connectivity index (χ3n) is 3.29. The number of ether oxygens (including phenoxy) is 1. The highest BCUT2D eigenvalue weighted by molar-refractivity contribution is 9.10. The number of esters is 1. The molecular formula is C13H16BrNO4S. The van der Waals surface area contributed by atoms with Crippen molar-refractivity contribution in [3.63, 3.8) is 0 Å². The number of benzene rings is 1. The third-order valence-corrected chi connectivity index (χ3v) is 5.79. The molecule has 0 saturated carbocycles. The van der Waals surface area contributed by atoms with Gasteiger partial charge in [-0.25, -0.2) is 13.2 Å². The zero-order valence-electron chi connectivity index (χ0n) is 11.1. The molecule has 1 unspecified atom stereocenters. The zero-order chi connectivity index (χ0) is 14.8. The van der Waals surface area contributed by atoms with Crippen LogP contribution >= 0.6 is 15.9 Å². The Kier molecular flexibility index (Phi) is 4.82. The van der Waals surface area contributed by atoms with Gasteiger partial charge in [0.05, 0.1) is 24.2 Å². The molecule has 1 fully saturated rings. The van der Waals surface area contributed by atoms with Crippen molar-refractivity contribution in [2.24, 2.45) is 0 Å². The maximum atomic E-state index is 11.4. The van der Waals surface area contributed by atoms with Crippen LogP contribution in [0, 0.1) is 0 Å². The van der Waals surface area contributed by atoms with Crippen molar-refractivity contribution < 1.29 is 17.9 Å². The molecule has 1 aliphatic heterocycles. The number of rotatable bonds is 4. The van der Waals surface area contributed by atoms with Gasteiger partial charge in [0.15, 0.2) is 9.84 Å². The summed E-state index contributed by atoms with van der Waals surface area (Å²) in [5.41, 5.74) is 1.45. The minimum atomic E-state index is -2.87. The Labute approximate surface area is 126 Å². The first-order valence-electron chi connectivity index (χ1n) is 6.22. The standard InChI is InChI=1S/C13H16BrNO4S/c1-19-13(16)9-2-3-10(12(14)6-9)7-15-11-4-5-20(17,18)8-11/h2-3,6,11,15H,4-5,7-8H2,1H3. The van der Waals surface area contributed by atoms with Crippen molar-refractivity contribution in [3.8, 4) is 0 Å². The van der Waals surface area contributed by atoms with Crippen LogP contribution < -0.4 is 5.32 Å². The highest BCUT2D eigenvalue weighted by atomic mass is 79.9. The van der Waals surface area contributed by atoms with Gasteiger partial charge in [0.1, 0.15) is 0 Å². The minimum Gasteiger partial charge on any atom is -0.465 e. The summed E-state index contributed by atoms with van der Waals surface area (Å²) >= 11 is 3.41. The van der Waals surface area contributed by atoms with E-state index in [1.807, 2.05) is 6.07 Å². The zero-order valence-corrected chi connectivity index (χ0v) is 13.5. The summed E-state index contributed by atoms with van der Waals surface area (Å²) < 4.78 is 28.2. The van der Waals surface area contributed by atoms with Crippen molar-refractivity contribution in [2.75, 3.05) is 18.6 Å². The van der Waals surface area contributed by atoms with E-state index in [0.29, 0.717) is 18.5 Å². The van der Waals surface area contributed by atoms with E-state index in [-0.39, 0.29) is 23.5 Å². The second-order valence-corrected chi connectivity index (χ2v) is 7.86. The molecule has 1 atom stereocenters. The van der Waals surface area contributed by atoms with E-state index in [1.54, 1.807) is 12.1 Å². The molecular weight excluding hydrogens is 346 g/mol. The van der Waals surface area contributed by atoms with Gasteiger partial charge < -0.3 is 10.1 Å². The minimum absolute atomic E-state index is 0.00665. The van der Waals surface area contributed by atoms with Crippen LogP contribution in [0.2, 0.25) is 0 Å². The van der Waals surface area contributed by atoms with Crippen molar-refractivity contribution in [1.29, 1.82) is 0 Å². The average molecular weight is 362 g/mol. The molecule has 0 amide bonds. The van der Waals surface area contributed by atoms with Crippen LogP contribution in [0.1, 0.15) is 22.3 Å². The molecule has 5 nitrogen and oxygen atoms in total. The first-order valence-corrected chi connectivity index (χ1v) is 8.83. The highest BCUT2D eigenvalue weighted by Gasteiger charge is 2.27. The van der Waals surface area contributed by atoms with Crippen LogP contribution in [0.3, 0.4) is 0 Å². The van der Waals surface area contributed by atoms with Crippen molar-refractivity contribution in [3.05, 3.63) is 33.8 Å². The number of carbonyl (C=O) groups is 1. The fourth-order valence-electron chi connectivity index (χ4n) is 2.15. The molecule has 0 aliphatic carbocycles. The van der Waals surface area contributed by atoms with E-state index in [2.05, 4.69) is 26.0 Å². The first kappa shape index (κ1) is 15.5. The lowest BCUT2D eigenvalue weighted by molar-refractivity contribution is 0.0600. The molecule has 0 spiro atoms. The van der Waals surface area contributed by atoms with Crippen LogP contribution in [0.5, 0.6) is 0 Å². The molecule has 2 rings (SSSR count). The topological polar surface area (TPSA) is 72.5 Å². The molecule has 7 heteroatoms. The summed E-state index contributed by atoms with van der Waals surface area (Å²) in [6.07, 6.45) is 0.653. The molecule has 1 saturated heterocycles. The number of carbonyl (C=O) groups excluding carboxylic acids is 1. The van der Waals surface area contributed by atoms with Gasteiger partial charge in [-0.05, 0) is 24.1 Å². The van der Waals surface area contributed by atoms with E-state index in [0.717, 1.165) is 10.0 Å². The van der Waals surface area contributed by atoms with Gasteiger partial charge in [-0.2, -0.15) is 0 Å². The molecule has 1 heterocycles. The first-order chi connectivity index (χ1) is 9.41. The average Bonchev–Trinajstić information content (AvgIpc) is 2.76. The van der Waals surface area contributed by atoms with Gasteiger partial charge in [-0.3, -0.25) is 0 Å². The summed E-state index contributed by atoms with van der Waals surface area (Å²) in [4.78, 5) is 11.4. The summed E-state index contributed by atoms with van der Waals surface area (Å²) in [6.45, 7) is 0.558. The van der Waals surface area contributed by atoms with E-state index >= 15 is 0 Å². The van der Waals surface area contributed by atoms with Gasteiger partial charge in [-0.1, -0.05) is 22.0 Å². The summed E-state index contributed by atoms with van der Waals surface area (Å²) in [5, 5.41) is 3.23. The van der Waals surface area contributed by atoms with Crippen LogP contribution in [0.4, 0.5) is 0 Å². The normalized spacial score (nSPS) is 20.8. The lowest BCUT2D eigenvalue weighted by Gasteiger charge is -2.12. The Bertz CT molecular complexity index is 615. The van der Waals surface area contributed by atoms with Crippen LogP contribution in [0.25, 0.3) is 0 Å². The molecule has 1 N–H and O–H groups in total. The SMILES string of the molecule is COC(=O)c1ccc(CNC2CCS(=O)(=O)C2)c(Br)c1. The maximum Gasteiger partial charge on any atom is 0.337 e. The van der Waals surface area contributed by atoms with Crippen molar-refractivity contribution in [1.82, 2.24) is 5.32 Å². The molecule has 0 radical (unpaired) electrons. The Balaban J connectivity index is 1.99. The predicted molar refractivity (Wildman–Crippen MR) is 79.4 cm³/mol.